The molecule has 8 heteroatoms. The van der Waals surface area contributed by atoms with Crippen LogP contribution >= 0.6 is 12.2 Å². The lowest BCUT2D eigenvalue weighted by Gasteiger charge is -2.24. The smallest absolute Gasteiger partial charge is 0.290 e. The fourth-order valence-electron chi connectivity index (χ4n) is 3.37. The van der Waals surface area contributed by atoms with Crippen LogP contribution in [0.5, 0.6) is 0 Å². The summed E-state index contributed by atoms with van der Waals surface area (Å²) in [5.74, 6) is -0.437. The number of benzene rings is 1. The molecule has 1 aliphatic carbocycles. The Bertz CT molecular complexity index is 903. The lowest BCUT2D eigenvalue weighted by atomic mass is 9.96. The van der Waals surface area contributed by atoms with Crippen LogP contribution < -0.4 is 21.7 Å². The number of nitrogens with zero attached hydrogens (tertiary/aromatic N) is 2. The van der Waals surface area contributed by atoms with Crippen molar-refractivity contribution in [3.63, 3.8) is 0 Å². The minimum Gasteiger partial charge on any atom is -0.359 e. The first-order chi connectivity index (χ1) is 13.0. The van der Waals surface area contributed by atoms with E-state index >= 15 is 0 Å². The van der Waals surface area contributed by atoms with Gasteiger partial charge in [0.05, 0.1) is 11.4 Å². The highest BCUT2D eigenvalue weighted by Gasteiger charge is 2.18. The van der Waals surface area contributed by atoms with Gasteiger partial charge in [0.15, 0.2) is 10.8 Å². The van der Waals surface area contributed by atoms with E-state index in [9.17, 15) is 9.59 Å². The first kappa shape index (κ1) is 19.3. The second kappa shape index (κ2) is 8.47. The molecule has 0 radical (unpaired) electrons. The first-order valence-electron chi connectivity index (χ1n) is 9.36. The van der Waals surface area contributed by atoms with Gasteiger partial charge in [-0.3, -0.25) is 20.4 Å². The zero-order chi connectivity index (χ0) is 19.4. The van der Waals surface area contributed by atoms with Crippen molar-refractivity contribution in [3.05, 3.63) is 40.3 Å². The quantitative estimate of drug-likeness (QED) is 0.554. The van der Waals surface area contributed by atoms with Crippen molar-refractivity contribution in [1.82, 2.24) is 25.9 Å². The topological polar surface area (TPSA) is 88.1 Å². The van der Waals surface area contributed by atoms with Crippen LogP contribution in [-0.2, 0) is 0 Å². The molecule has 144 valence electrons. The Morgan fingerprint density at radius 1 is 1.15 bits per heavy atom. The third-order valence-electron chi connectivity index (χ3n) is 4.76. The molecular weight excluding hydrogens is 362 g/mol. The monoisotopic (exact) mass is 387 g/mol. The normalized spacial score (nSPS) is 14.9. The zero-order valence-electron chi connectivity index (χ0n) is 15.6. The van der Waals surface area contributed by atoms with E-state index in [1.54, 1.807) is 24.3 Å². The van der Waals surface area contributed by atoms with E-state index < -0.39 is 5.91 Å². The van der Waals surface area contributed by atoms with Crippen molar-refractivity contribution in [2.24, 2.45) is 0 Å². The second-order valence-electron chi connectivity index (χ2n) is 7.13. The van der Waals surface area contributed by atoms with Crippen LogP contribution in [-0.4, -0.2) is 26.8 Å². The van der Waals surface area contributed by atoms with Gasteiger partial charge in [-0.25, -0.2) is 4.68 Å². The fraction of sp³-hybridized carbons (Fsp3) is 0.474. The molecule has 27 heavy (non-hydrogen) atoms. The molecule has 0 atom stereocenters. The maximum atomic E-state index is 12.7. The van der Waals surface area contributed by atoms with Crippen molar-refractivity contribution in [3.8, 4) is 0 Å². The summed E-state index contributed by atoms with van der Waals surface area (Å²) in [6.07, 6.45) is 5.82. The van der Waals surface area contributed by atoms with E-state index in [1.165, 1.54) is 23.9 Å². The van der Waals surface area contributed by atoms with Gasteiger partial charge in [-0.1, -0.05) is 37.5 Å². The molecule has 0 bridgehead atoms. The Morgan fingerprint density at radius 3 is 2.48 bits per heavy atom. The van der Waals surface area contributed by atoms with Gasteiger partial charge in [0.1, 0.15) is 0 Å². The number of hydrazine groups is 1. The van der Waals surface area contributed by atoms with Gasteiger partial charge >= 0.3 is 0 Å². The molecule has 7 nitrogen and oxygen atoms in total. The van der Waals surface area contributed by atoms with Crippen LogP contribution in [0.4, 0.5) is 0 Å². The Morgan fingerprint density at radius 2 is 1.81 bits per heavy atom. The van der Waals surface area contributed by atoms with E-state index in [4.69, 9.17) is 12.2 Å². The van der Waals surface area contributed by atoms with Crippen LogP contribution in [0.15, 0.2) is 29.1 Å². The molecule has 0 unspecified atom stereocenters. The third kappa shape index (κ3) is 4.44. The molecule has 0 saturated heterocycles. The van der Waals surface area contributed by atoms with E-state index in [1.807, 2.05) is 13.8 Å². The molecule has 0 aliphatic heterocycles. The number of nitrogens with one attached hydrogen (secondary N) is 3. The molecule has 1 aromatic heterocycles. The van der Waals surface area contributed by atoms with E-state index in [-0.39, 0.29) is 17.3 Å². The first-order valence-corrected chi connectivity index (χ1v) is 9.76. The lowest BCUT2D eigenvalue weighted by Crippen LogP contribution is -2.50. The summed E-state index contributed by atoms with van der Waals surface area (Å²) in [5, 5.41) is 8.88. The van der Waals surface area contributed by atoms with Gasteiger partial charge in [0.2, 0.25) is 0 Å². The molecule has 0 spiro atoms. The van der Waals surface area contributed by atoms with E-state index in [2.05, 4.69) is 21.3 Å². The van der Waals surface area contributed by atoms with Gasteiger partial charge < -0.3 is 5.32 Å². The van der Waals surface area contributed by atoms with Gasteiger partial charge in [0.25, 0.3) is 11.5 Å². The van der Waals surface area contributed by atoms with Crippen LogP contribution in [0.1, 0.15) is 62.5 Å². The number of carbonyl (C=O) groups is 1. The summed E-state index contributed by atoms with van der Waals surface area (Å²) in [4.78, 5) is 25.3. The molecule has 1 amide bonds. The Hall–Kier alpha value is -2.48. The molecule has 1 heterocycles. The predicted molar refractivity (Wildman–Crippen MR) is 110 cm³/mol. The largest absolute Gasteiger partial charge is 0.359 e. The number of thiocarbonyl (C=S) groups is 1. The number of carbonyl (C=O) groups excluding carboxylic acids is 1. The van der Waals surface area contributed by atoms with Gasteiger partial charge in [-0.15, -0.1) is 0 Å². The number of rotatable bonds is 3. The van der Waals surface area contributed by atoms with Gasteiger partial charge in [-0.2, -0.15) is 5.10 Å². The van der Waals surface area contributed by atoms with E-state index in [0.717, 1.165) is 12.8 Å². The summed E-state index contributed by atoms with van der Waals surface area (Å²) >= 11 is 5.27. The van der Waals surface area contributed by atoms with Crippen LogP contribution in [0.2, 0.25) is 0 Å². The SMILES string of the molecule is CC(C)n1nc(C(=O)NNC(=S)NC2CCCCC2)c2ccccc2c1=O. The summed E-state index contributed by atoms with van der Waals surface area (Å²) in [7, 11) is 0. The standard InChI is InChI=1S/C19H25N5O2S/c1-12(2)24-18(26)15-11-7-6-10-14(15)16(23-24)17(25)21-22-19(27)20-13-8-4-3-5-9-13/h6-7,10-13H,3-5,8-9H2,1-2H3,(H,21,25)(H2,20,22,27). The van der Waals surface area contributed by atoms with Gasteiger partial charge in [-0.05, 0) is 45.0 Å². The number of fused-ring (bicyclic) bond motifs is 1. The Labute approximate surface area is 163 Å². The molecule has 3 N–H and O–H groups in total. The summed E-state index contributed by atoms with van der Waals surface area (Å²) < 4.78 is 1.33. The van der Waals surface area contributed by atoms with Crippen molar-refractivity contribution in [2.75, 3.05) is 0 Å². The van der Waals surface area contributed by atoms with Crippen molar-refractivity contribution in [2.45, 2.75) is 58.0 Å². The maximum Gasteiger partial charge on any atom is 0.290 e. The average molecular weight is 388 g/mol. The van der Waals surface area contributed by atoms with Crippen LogP contribution in [0, 0.1) is 0 Å². The average Bonchev–Trinajstić information content (AvgIpc) is 2.67. The zero-order valence-corrected chi connectivity index (χ0v) is 16.4. The maximum absolute atomic E-state index is 12.7. The van der Waals surface area contributed by atoms with Crippen LogP contribution in [0.25, 0.3) is 10.8 Å². The fourth-order valence-corrected chi connectivity index (χ4v) is 3.58. The summed E-state index contributed by atoms with van der Waals surface area (Å²) in [5.41, 5.74) is 5.32. The highest BCUT2D eigenvalue weighted by Crippen LogP contribution is 2.17. The minimum absolute atomic E-state index is 0.157. The molecule has 1 saturated carbocycles. The molecular formula is C19H25N5O2S. The van der Waals surface area contributed by atoms with Crippen molar-refractivity contribution >= 4 is 34.0 Å². The summed E-state index contributed by atoms with van der Waals surface area (Å²) in [6, 6.07) is 7.17. The van der Waals surface area contributed by atoms with Crippen molar-refractivity contribution in [1.29, 1.82) is 0 Å². The Kier molecular flexibility index (Phi) is 6.05. The Balaban J connectivity index is 1.76. The number of amides is 1. The van der Waals surface area contributed by atoms with Gasteiger partial charge in [0, 0.05) is 11.4 Å². The predicted octanol–water partition coefficient (Wildman–Crippen LogP) is 2.42. The molecule has 1 aliphatic rings. The van der Waals surface area contributed by atoms with Crippen LogP contribution in [0.3, 0.4) is 0 Å². The molecule has 3 rings (SSSR count). The second-order valence-corrected chi connectivity index (χ2v) is 7.53. The highest BCUT2D eigenvalue weighted by molar-refractivity contribution is 7.80. The summed E-state index contributed by atoms with van der Waals surface area (Å²) in [6.45, 7) is 3.71. The lowest BCUT2D eigenvalue weighted by molar-refractivity contribution is 0.0937. The van der Waals surface area contributed by atoms with E-state index in [0.29, 0.717) is 21.9 Å². The number of hydrogen-bond acceptors (Lipinski definition) is 4. The minimum atomic E-state index is -0.437. The van der Waals surface area contributed by atoms with Crippen molar-refractivity contribution < 1.29 is 4.79 Å². The molecule has 2 aromatic rings. The number of aromatic nitrogens is 2. The highest BCUT2D eigenvalue weighted by atomic mass is 32.1. The molecule has 1 fully saturated rings. The molecule has 1 aromatic carbocycles. The number of hydrogen-bond donors (Lipinski definition) is 3. The third-order valence-corrected chi connectivity index (χ3v) is 4.98.